The fourth-order valence-corrected chi connectivity index (χ4v) is 1.68. The monoisotopic (exact) mass is 283 g/mol. The molecule has 0 fully saturated rings. The molecule has 20 heavy (non-hydrogen) atoms. The molecule has 0 saturated carbocycles. The van der Waals surface area contributed by atoms with E-state index in [4.69, 9.17) is 0 Å². The van der Waals surface area contributed by atoms with E-state index in [1.165, 1.54) is 29.2 Å². The summed E-state index contributed by atoms with van der Waals surface area (Å²) < 4.78 is 39.1. The highest BCUT2D eigenvalue weighted by molar-refractivity contribution is 5.93. The highest BCUT2D eigenvalue weighted by atomic mass is 19.4. The van der Waals surface area contributed by atoms with Crippen molar-refractivity contribution in [2.75, 3.05) is 0 Å². The number of aryl methyl sites for hydroxylation is 1. The van der Waals surface area contributed by atoms with Gasteiger partial charge in [-0.3, -0.25) is 9.48 Å². The normalized spacial score (nSPS) is 11.4. The van der Waals surface area contributed by atoms with Crippen molar-refractivity contribution >= 4 is 5.91 Å². The molecule has 0 unspecified atom stereocenters. The van der Waals surface area contributed by atoms with E-state index in [1.54, 1.807) is 7.05 Å². The molecule has 1 N–H and O–H groups in total. The summed E-state index contributed by atoms with van der Waals surface area (Å²) in [6.45, 7) is 0.0254. The topological polar surface area (TPSA) is 46.9 Å². The van der Waals surface area contributed by atoms with Crippen molar-refractivity contribution in [2.24, 2.45) is 7.05 Å². The van der Waals surface area contributed by atoms with Gasteiger partial charge >= 0.3 is 6.18 Å². The quantitative estimate of drug-likeness (QED) is 0.940. The van der Waals surface area contributed by atoms with Gasteiger partial charge in [0, 0.05) is 19.8 Å². The number of hydrogen-bond acceptors (Lipinski definition) is 2. The number of nitrogens with zero attached hydrogens (tertiary/aromatic N) is 2. The highest BCUT2D eigenvalue weighted by Crippen LogP contribution is 2.29. The van der Waals surface area contributed by atoms with E-state index in [1.807, 2.05) is 0 Å². The zero-order valence-electron chi connectivity index (χ0n) is 10.6. The summed E-state index contributed by atoms with van der Waals surface area (Å²) in [7, 11) is 1.67. The van der Waals surface area contributed by atoms with E-state index in [0.29, 0.717) is 11.1 Å². The van der Waals surface area contributed by atoms with Crippen LogP contribution in [0.25, 0.3) is 0 Å². The van der Waals surface area contributed by atoms with Crippen LogP contribution in [0.5, 0.6) is 0 Å². The molecule has 0 aliphatic carbocycles. The Kier molecular flexibility index (Phi) is 3.78. The Morgan fingerprint density at radius 2 is 2.15 bits per heavy atom. The summed E-state index contributed by atoms with van der Waals surface area (Å²) in [4.78, 5) is 11.7. The number of hydrogen-bond donors (Lipinski definition) is 1. The summed E-state index contributed by atoms with van der Waals surface area (Å²) in [6, 6.07) is 4.85. The first-order valence-electron chi connectivity index (χ1n) is 5.79. The van der Waals surface area contributed by atoms with Crippen molar-refractivity contribution in [3.8, 4) is 0 Å². The van der Waals surface area contributed by atoms with Crippen LogP contribution >= 0.6 is 0 Å². The van der Waals surface area contributed by atoms with E-state index in [9.17, 15) is 18.0 Å². The average Bonchev–Trinajstić information content (AvgIpc) is 2.82. The fourth-order valence-electron chi connectivity index (χ4n) is 1.68. The van der Waals surface area contributed by atoms with Crippen molar-refractivity contribution in [3.05, 3.63) is 53.3 Å². The molecule has 0 saturated heterocycles. The molecule has 1 aromatic heterocycles. The molecule has 0 spiro atoms. The first-order valence-corrected chi connectivity index (χ1v) is 5.79. The smallest absolute Gasteiger partial charge is 0.348 e. The Balaban J connectivity index is 2.02. The summed E-state index contributed by atoms with van der Waals surface area (Å²) in [5.74, 6) is -0.379. The van der Waals surface area contributed by atoms with Crippen molar-refractivity contribution in [1.29, 1.82) is 0 Å². The molecule has 1 amide bonds. The van der Waals surface area contributed by atoms with Crippen molar-refractivity contribution in [2.45, 2.75) is 12.7 Å². The van der Waals surface area contributed by atoms with E-state index < -0.39 is 11.7 Å². The minimum Gasteiger partial charge on any atom is -0.348 e. The predicted molar refractivity (Wildman–Crippen MR) is 65.8 cm³/mol. The van der Waals surface area contributed by atoms with Gasteiger partial charge in [-0.25, -0.2) is 0 Å². The van der Waals surface area contributed by atoms with Crippen molar-refractivity contribution in [1.82, 2.24) is 15.1 Å². The Morgan fingerprint density at radius 3 is 2.75 bits per heavy atom. The summed E-state index contributed by atoms with van der Waals surface area (Å²) in [5, 5.41) is 6.39. The predicted octanol–water partition coefficient (Wildman–Crippen LogP) is 2.37. The molecule has 0 radical (unpaired) electrons. The van der Waals surface area contributed by atoms with Crippen LogP contribution in [-0.2, 0) is 19.8 Å². The van der Waals surface area contributed by atoms with Crippen molar-refractivity contribution < 1.29 is 18.0 Å². The van der Waals surface area contributed by atoms with Gasteiger partial charge in [0.15, 0.2) is 0 Å². The van der Waals surface area contributed by atoms with E-state index in [0.717, 1.165) is 12.1 Å². The number of rotatable bonds is 3. The maximum atomic E-state index is 12.5. The molecule has 0 bridgehead atoms. The van der Waals surface area contributed by atoms with Crippen LogP contribution in [0.4, 0.5) is 13.2 Å². The van der Waals surface area contributed by atoms with Crippen LogP contribution < -0.4 is 5.32 Å². The molecule has 4 nitrogen and oxygen atoms in total. The van der Waals surface area contributed by atoms with Crippen LogP contribution in [-0.4, -0.2) is 15.7 Å². The van der Waals surface area contributed by atoms with Gasteiger partial charge < -0.3 is 5.32 Å². The van der Waals surface area contributed by atoms with E-state index in [-0.39, 0.29) is 12.5 Å². The molecular formula is C13H12F3N3O. The number of carbonyl (C=O) groups excluding carboxylic acids is 1. The maximum Gasteiger partial charge on any atom is 0.416 e. The lowest BCUT2D eigenvalue weighted by Crippen LogP contribution is -2.22. The van der Waals surface area contributed by atoms with Crippen LogP contribution in [0.2, 0.25) is 0 Å². The summed E-state index contributed by atoms with van der Waals surface area (Å²) >= 11 is 0. The molecule has 0 aliphatic heterocycles. The number of aromatic nitrogens is 2. The lowest BCUT2D eigenvalue weighted by molar-refractivity contribution is -0.137. The molecule has 1 heterocycles. The van der Waals surface area contributed by atoms with Crippen LogP contribution in [0.1, 0.15) is 21.5 Å². The van der Waals surface area contributed by atoms with Gasteiger partial charge in [-0.15, -0.1) is 0 Å². The molecule has 7 heteroatoms. The fraction of sp³-hybridized carbons (Fsp3) is 0.231. The zero-order chi connectivity index (χ0) is 14.8. The Bertz CT molecular complexity index is 619. The van der Waals surface area contributed by atoms with Crippen LogP contribution in [0.3, 0.4) is 0 Å². The van der Waals surface area contributed by atoms with Gasteiger partial charge in [-0.05, 0) is 17.7 Å². The molecule has 2 aromatic rings. The lowest BCUT2D eigenvalue weighted by atomic mass is 10.1. The SMILES string of the molecule is Cn1cc(C(=O)NCc2cccc(C(F)(F)F)c2)cn1. The number of halogens is 3. The standard InChI is InChI=1S/C13H12F3N3O/c1-19-8-10(7-18-19)12(20)17-6-9-3-2-4-11(5-9)13(14,15)16/h2-5,7-8H,6H2,1H3,(H,17,20). The number of amides is 1. The first-order chi connectivity index (χ1) is 9.36. The molecule has 106 valence electrons. The van der Waals surface area contributed by atoms with E-state index in [2.05, 4.69) is 10.4 Å². The van der Waals surface area contributed by atoms with Gasteiger partial charge in [0.05, 0.1) is 17.3 Å². The zero-order valence-corrected chi connectivity index (χ0v) is 10.6. The number of benzene rings is 1. The molecular weight excluding hydrogens is 271 g/mol. The van der Waals surface area contributed by atoms with Crippen LogP contribution in [0.15, 0.2) is 36.7 Å². The number of alkyl halides is 3. The maximum absolute atomic E-state index is 12.5. The van der Waals surface area contributed by atoms with Crippen LogP contribution in [0, 0.1) is 0 Å². The van der Waals surface area contributed by atoms with Gasteiger partial charge in [0.25, 0.3) is 5.91 Å². The third-order valence-corrected chi connectivity index (χ3v) is 2.67. The third-order valence-electron chi connectivity index (χ3n) is 2.67. The van der Waals surface area contributed by atoms with Gasteiger partial charge in [0.1, 0.15) is 0 Å². The minimum atomic E-state index is -4.39. The highest BCUT2D eigenvalue weighted by Gasteiger charge is 2.30. The number of nitrogens with one attached hydrogen (secondary N) is 1. The first kappa shape index (κ1) is 14.1. The second kappa shape index (κ2) is 5.36. The second-order valence-electron chi connectivity index (χ2n) is 4.28. The molecule has 0 aliphatic rings. The van der Waals surface area contributed by atoms with E-state index >= 15 is 0 Å². The summed E-state index contributed by atoms with van der Waals surface area (Å²) in [5.41, 5.74) is 0.0159. The largest absolute Gasteiger partial charge is 0.416 e. The Morgan fingerprint density at radius 1 is 1.40 bits per heavy atom. The Hall–Kier alpha value is -2.31. The molecule has 2 rings (SSSR count). The third kappa shape index (κ3) is 3.37. The van der Waals surface area contributed by atoms with Gasteiger partial charge in [-0.1, -0.05) is 12.1 Å². The average molecular weight is 283 g/mol. The molecule has 0 atom stereocenters. The van der Waals surface area contributed by atoms with Gasteiger partial charge in [0.2, 0.25) is 0 Å². The van der Waals surface area contributed by atoms with Crippen molar-refractivity contribution in [3.63, 3.8) is 0 Å². The molecule has 1 aromatic carbocycles. The Labute approximate surface area is 113 Å². The number of carbonyl (C=O) groups is 1. The second-order valence-corrected chi connectivity index (χ2v) is 4.28. The summed E-state index contributed by atoms with van der Waals surface area (Å²) in [6.07, 6.45) is -1.47. The van der Waals surface area contributed by atoms with Gasteiger partial charge in [-0.2, -0.15) is 18.3 Å². The lowest BCUT2D eigenvalue weighted by Gasteiger charge is -2.09. The minimum absolute atomic E-state index is 0.0254.